The summed E-state index contributed by atoms with van der Waals surface area (Å²) >= 11 is 6.59. The van der Waals surface area contributed by atoms with Gasteiger partial charge in [-0.25, -0.2) is 4.68 Å². The fraction of sp³-hybridized carbons (Fsp3) is 0.333. The minimum atomic E-state index is -0.0690. The van der Waals surface area contributed by atoms with Crippen molar-refractivity contribution < 1.29 is 14.3 Å². The van der Waals surface area contributed by atoms with E-state index in [0.29, 0.717) is 29.5 Å². The molecule has 8 heteroatoms. The largest absolute Gasteiger partial charge is 0.493 e. The van der Waals surface area contributed by atoms with Gasteiger partial charge in [0.15, 0.2) is 11.5 Å². The molecule has 1 aromatic heterocycles. The van der Waals surface area contributed by atoms with Crippen molar-refractivity contribution >= 4 is 17.5 Å². The average molecular weight is 455 g/mol. The molecular formula is C24H27ClN4O3. The molecule has 0 radical (unpaired) electrons. The number of hydrogen-bond acceptors (Lipinski definition) is 5. The third-order valence-electron chi connectivity index (χ3n) is 5.73. The molecule has 3 aromatic rings. The van der Waals surface area contributed by atoms with Gasteiger partial charge >= 0.3 is 0 Å². The van der Waals surface area contributed by atoms with Crippen LogP contribution in [0.4, 0.5) is 0 Å². The van der Waals surface area contributed by atoms with Gasteiger partial charge in [-0.15, -0.1) is 0 Å². The van der Waals surface area contributed by atoms with Crippen LogP contribution in [0.15, 0.2) is 48.5 Å². The first-order chi connectivity index (χ1) is 15.5. The first-order valence-corrected chi connectivity index (χ1v) is 10.9. The van der Waals surface area contributed by atoms with Crippen LogP contribution in [0.5, 0.6) is 11.5 Å². The van der Waals surface area contributed by atoms with Crippen LogP contribution in [-0.2, 0) is 6.54 Å². The number of hydrogen-bond donors (Lipinski definition) is 0. The Morgan fingerprint density at radius 2 is 1.69 bits per heavy atom. The van der Waals surface area contributed by atoms with Crippen LogP contribution in [-0.4, -0.2) is 65.9 Å². The predicted molar refractivity (Wildman–Crippen MR) is 124 cm³/mol. The number of ether oxygens (including phenoxy) is 2. The molecule has 1 saturated heterocycles. The molecule has 0 bridgehead atoms. The molecule has 0 spiro atoms. The van der Waals surface area contributed by atoms with Crippen LogP contribution in [0.3, 0.4) is 0 Å². The molecule has 2 heterocycles. The molecule has 32 heavy (non-hydrogen) atoms. The van der Waals surface area contributed by atoms with Gasteiger partial charge < -0.3 is 14.4 Å². The second-order valence-corrected chi connectivity index (χ2v) is 8.11. The highest BCUT2D eigenvalue weighted by molar-refractivity contribution is 6.33. The first-order valence-electron chi connectivity index (χ1n) is 10.5. The van der Waals surface area contributed by atoms with Crippen molar-refractivity contribution in [3.8, 4) is 17.2 Å². The molecule has 2 aromatic carbocycles. The summed E-state index contributed by atoms with van der Waals surface area (Å²) in [5.41, 5.74) is 3.09. The lowest BCUT2D eigenvalue weighted by Gasteiger charge is -2.34. The lowest BCUT2D eigenvalue weighted by Crippen LogP contribution is -2.48. The Hall–Kier alpha value is -3.03. The van der Waals surface area contributed by atoms with Crippen molar-refractivity contribution in [1.82, 2.24) is 19.6 Å². The molecule has 0 aliphatic carbocycles. The van der Waals surface area contributed by atoms with E-state index >= 15 is 0 Å². The Morgan fingerprint density at radius 3 is 2.34 bits per heavy atom. The van der Waals surface area contributed by atoms with E-state index in [4.69, 9.17) is 21.1 Å². The molecule has 1 aliphatic heterocycles. The van der Waals surface area contributed by atoms with Crippen LogP contribution in [0.25, 0.3) is 5.69 Å². The summed E-state index contributed by atoms with van der Waals surface area (Å²) in [7, 11) is 3.27. The Morgan fingerprint density at radius 1 is 1.00 bits per heavy atom. The van der Waals surface area contributed by atoms with E-state index in [9.17, 15) is 4.79 Å². The number of piperazine rings is 1. The number of carbonyl (C=O) groups is 1. The number of amides is 1. The Balaban J connectivity index is 1.42. The number of aromatic nitrogens is 2. The van der Waals surface area contributed by atoms with E-state index in [2.05, 4.69) is 10.00 Å². The van der Waals surface area contributed by atoms with Gasteiger partial charge in [0, 0.05) is 32.7 Å². The normalized spacial score (nSPS) is 14.4. The molecule has 0 saturated carbocycles. The van der Waals surface area contributed by atoms with Crippen LogP contribution in [0, 0.1) is 6.92 Å². The topological polar surface area (TPSA) is 59.8 Å². The second kappa shape index (κ2) is 9.63. The Bertz CT molecular complexity index is 1090. The quantitative estimate of drug-likeness (QED) is 0.567. The second-order valence-electron chi connectivity index (χ2n) is 7.76. The fourth-order valence-electron chi connectivity index (χ4n) is 3.99. The fourth-order valence-corrected chi connectivity index (χ4v) is 4.34. The van der Waals surface area contributed by atoms with Crippen LogP contribution >= 0.6 is 11.6 Å². The van der Waals surface area contributed by atoms with Crippen molar-refractivity contribution in [3.05, 3.63) is 70.5 Å². The van der Waals surface area contributed by atoms with E-state index < -0.39 is 0 Å². The molecule has 1 fully saturated rings. The third-order valence-corrected chi connectivity index (χ3v) is 6.08. The zero-order chi connectivity index (χ0) is 22.7. The number of nitrogens with zero attached hydrogens (tertiary/aromatic N) is 4. The SMILES string of the molecule is COc1ccc(CN2CCN(C(=O)c3c(C)nn(-c4ccccc4)c3Cl)CC2)cc1OC. The molecule has 1 amide bonds. The molecule has 0 unspecified atom stereocenters. The monoisotopic (exact) mass is 454 g/mol. The highest BCUT2D eigenvalue weighted by atomic mass is 35.5. The maximum atomic E-state index is 13.2. The van der Waals surface area contributed by atoms with E-state index in [1.807, 2.05) is 60.4 Å². The molecule has 1 aliphatic rings. The molecule has 4 rings (SSSR count). The van der Waals surface area contributed by atoms with Gasteiger partial charge in [-0.3, -0.25) is 9.69 Å². The summed E-state index contributed by atoms with van der Waals surface area (Å²) in [5, 5.41) is 4.86. The average Bonchev–Trinajstić information content (AvgIpc) is 3.13. The van der Waals surface area contributed by atoms with Crippen LogP contribution < -0.4 is 9.47 Å². The minimum Gasteiger partial charge on any atom is -0.493 e. The molecule has 7 nitrogen and oxygen atoms in total. The van der Waals surface area contributed by atoms with E-state index in [0.717, 1.165) is 42.4 Å². The van der Waals surface area contributed by atoms with E-state index in [1.165, 1.54) is 0 Å². The smallest absolute Gasteiger partial charge is 0.258 e. The lowest BCUT2D eigenvalue weighted by molar-refractivity contribution is 0.0628. The molecule has 0 N–H and O–H groups in total. The van der Waals surface area contributed by atoms with Crippen LogP contribution in [0.1, 0.15) is 21.6 Å². The number of rotatable bonds is 6. The first kappa shape index (κ1) is 22.2. The third kappa shape index (κ3) is 4.45. The van der Waals surface area contributed by atoms with Gasteiger partial charge in [0.25, 0.3) is 5.91 Å². The summed E-state index contributed by atoms with van der Waals surface area (Å²) in [4.78, 5) is 17.4. The number of benzene rings is 2. The van der Waals surface area contributed by atoms with Crippen LogP contribution in [0.2, 0.25) is 5.15 Å². The van der Waals surface area contributed by atoms with Crippen molar-refractivity contribution in [2.45, 2.75) is 13.5 Å². The highest BCUT2D eigenvalue weighted by Crippen LogP contribution is 2.29. The van der Waals surface area contributed by atoms with Gasteiger partial charge in [0.05, 0.1) is 31.2 Å². The zero-order valence-corrected chi connectivity index (χ0v) is 19.3. The minimum absolute atomic E-state index is 0.0690. The highest BCUT2D eigenvalue weighted by Gasteiger charge is 2.28. The van der Waals surface area contributed by atoms with E-state index in [-0.39, 0.29) is 5.91 Å². The lowest BCUT2D eigenvalue weighted by atomic mass is 10.1. The summed E-state index contributed by atoms with van der Waals surface area (Å²) in [5.74, 6) is 1.37. The van der Waals surface area contributed by atoms with Crippen molar-refractivity contribution in [2.75, 3.05) is 40.4 Å². The Kier molecular flexibility index (Phi) is 6.67. The maximum absolute atomic E-state index is 13.2. The van der Waals surface area contributed by atoms with E-state index in [1.54, 1.807) is 18.9 Å². The van der Waals surface area contributed by atoms with Gasteiger partial charge in [0.2, 0.25) is 0 Å². The van der Waals surface area contributed by atoms with Crippen molar-refractivity contribution in [1.29, 1.82) is 0 Å². The molecular weight excluding hydrogens is 428 g/mol. The number of carbonyl (C=O) groups excluding carboxylic acids is 1. The number of halogens is 1. The summed E-state index contributed by atoms with van der Waals surface area (Å²) in [6.45, 7) is 5.45. The molecule has 168 valence electrons. The molecule has 0 atom stereocenters. The van der Waals surface area contributed by atoms with Gasteiger partial charge in [-0.2, -0.15) is 5.10 Å². The maximum Gasteiger partial charge on any atom is 0.258 e. The predicted octanol–water partition coefficient (Wildman–Crippen LogP) is 3.81. The summed E-state index contributed by atoms with van der Waals surface area (Å²) in [6, 6.07) is 15.6. The van der Waals surface area contributed by atoms with Gasteiger partial charge in [-0.1, -0.05) is 35.9 Å². The Labute approximate surface area is 193 Å². The summed E-state index contributed by atoms with van der Waals surface area (Å²) in [6.07, 6.45) is 0. The van der Waals surface area contributed by atoms with Crippen molar-refractivity contribution in [2.24, 2.45) is 0 Å². The number of para-hydroxylation sites is 1. The van der Waals surface area contributed by atoms with Gasteiger partial charge in [0.1, 0.15) is 5.15 Å². The zero-order valence-electron chi connectivity index (χ0n) is 18.5. The van der Waals surface area contributed by atoms with Crippen molar-refractivity contribution in [3.63, 3.8) is 0 Å². The standard InChI is InChI=1S/C24H27ClN4O3/c1-17-22(23(25)29(26-17)19-7-5-4-6-8-19)24(30)28-13-11-27(12-14-28)16-18-9-10-20(31-2)21(15-18)32-3/h4-10,15H,11-14,16H2,1-3H3. The number of aryl methyl sites for hydroxylation is 1. The summed E-state index contributed by atoms with van der Waals surface area (Å²) < 4.78 is 12.3. The van der Waals surface area contributed by atoms with Gasteiger partial charge in [-0.05, 0) is 36.8 Å². The number of methoxy groups -OCH3 is 2.